The molecular weight excluding hydrogens is 431 g/mol. The molecule has 1 saturated heterocycles. The monoisotopic (exact) mass is 460 g/mol. The summed E-state index contributed by atoms with van der Waals surface area (Å²) in [7, 11) is 3.65. The first-order valence-corrected chi connectivity index (χ1v) is 8.92. The number of aryl methyl sites for hydroxylation is 1. The number of nitrogens with one attached hydrogen (secondary N) is 1. The largest absolute Gasteiger partial charge is 0.356 e. The van der Waals surface area contributed by atoms with Crippen LogP contribution >= 0.6 is 24.0 Å². The minimum absolute atomic E-state index is 0. The average molecular weight is 460 g/mol. The molecule has 0 bridgehead atoms. The number of aromatic nitrogens is 2. The second-order valence-corrected chi connectivity index (χ2v) is 6.75. The lowest BCUT2D eigenvalue weighted by molar-refractivity contribution is -0.120. The molecule has 0 radical (unpaired) electrons. The number of piperazine rings is 1. The van der Waals surface area contributed by atoms with Crippen LogP contribution in [0.4, 0.5) is 5.69 Å². The van der Waals surface area contributed by atoms with Gasteiger partial charge >= 0.3 is 0 Å². The minimum atomic E-state index is 0. The van der Waals surface area contributed by atoms with Crippen LogP contribution in [0.15, 0.2) is 17.4 Å². The van der Waals surface area contributed by atoms with Crippen LogP contribution in [0.2, 0.25) is 0 Å². The summed E-state index contributed by atoms with van der Waals surface area (Å²) < 4.78 is 1.72. The van der Waals surface area contributed by atoms with Crippen LogP contribution in [0.1, 0.15) is 32.1 Å². The van der Waals surface area contributed by atoms with Crippen molar-refractivity contribution in [3.05, 3.63) is 12.4 Å². The Hall–Kier alpha value is -1.32. The molecule has 0 atom stereocenters. The number of rotatable bonds is 4. The van der Waals surface area contributed by atoms with Crippen molar-refractivity contribution in [2.75, 3.05) is 38.1 Å². The van der Waals surface area contributed by atoms with E-state index in [1.54, 1.807) is 22.8 Å². The van der Waals surface area contributed by atoms with Gasteiger partial charge in [-0.05, 0) is 12.3 Å². The fourth-order valence-corrected chi connectivity index (χ4v) is 3.69. The average Bonchev–Trinajstić information content (AvgIpc) is 3.23. The zero-order valence-corrected chi connectivity index (χ0v) is 17.5. The van der Waals surface area contributed by atoms with Crippen molar-refractivity contribution in [1.82, 2.24) is 20.0 Å². The van der Waals surface area contributed by atoms with Crippen LogP contribution in [0.25, 0.3) is 0 Å². The number of anilines is 1. The van der Waals surface area contributed by atoms with E-state index >= 15 is 0 Å². The molecule has 1 amide bonds. The molecule has 0 spiro atoms. The maximum atomic E-state index is 12.5. The first-order chi connectivity index (χ1) is 11.7. The number of nitrogens with zero attached hydrogens (tertiary/aromatic N) is 5. The fourth-order valence-electron chi connectivity index (χ4n) is 3.69. The maximum Gasteiger partial charge on any atom is 0.246 e. The van der Waals surface area contributed by atoms with Gasteiger partial charge < -0.3 is 15.1 Å². The van der Waals surface area contributed by atoms with Gasteiger partial charge in [0.15, 0.2) is 5.96 Å². The minimum Gasteiger partial charge on any atom is -0.356 e. The highest BCUT2D eigenvalue weighted by Crippen LogP contribution is 2.26. The molecule has 25 heavy (non-hydrogen) atoms. The maximum absolute atomic E-state index is 12.5. The van der Waals surface area contributed by atoms with Gasteiger partial charge in [0, 0.05) is 39.9 Å². The van der Waals surface area contributed by atoms with Gasteiger partial charge in [0.2, 0.25) is 5.91 Å². The number of hydrogen-bond acceptors (Lipinski definition) is 3. The molecule has 8 heteroatoms. The van der Waals surface area contributed by atoms with E-state index in [9.17, 15) is 4.79 Å². The van der Waals surface area contributed by atoms with Crippen LogP contribution in [0, 0.1) is 5.92 Å². The molecule has 1 aromatic heterocycles. The third-order valence-electron chi connectivity index (χ3n) is 5.05. The predicted molar refractivity (Wildman–Crippen MR) is 110 cm³/mol. The highest BCUT2D eigenvalue weighted by Gasteiger charge is 2.27. The molecule has 2 fully saturated rings. The molecule has 1 aliphatic carbocycles. The number of amides is 1. The summed E-state index contributed by atoms with van der Waals surface area (Å²) in [6.07, 6.45) is 10.3. The molecule has 0 unspecified atom stereocenters. The SMILES string of the molecule is CN=C(NCCC1CCCC1)N1CCN(c2cnn(C)c2)C(=O)C1.I. The lowest BCUT2D eigenvalue weighted by atomic mass is 10.0. The second-order valence-electron chi connectivity index (χ2n) is 6.75. The molecule has 1 aliphatic heterocycles. The van der Waals surface area contributed by atoms with Gasteiger partial charge in [0.05, 0.1) is 11.9 Å². The molecule has 7 nitrogen and oxygen atoms in total. The molecule has 2 aliphatic rings. The van der Waals surface area contributed by atoms with Gasteiger partial charge in [-0.2, -0.15) is 5.10 Å². The van der Waals surface area contributed by atoms with Gasteiger partial charge in [-0.25, -0.2) is 0 Å². The quantitative estimate of drug-likeness (QED) is 0.423. The van der Waals surface area contributed by atoms with Crippen LogP contribution in [0.5, 0.6) is 0 Å². The normalized spacial score (nSPS) is 19.3. The van der Waals surface area contributed by atoms with E-state index < -0.39 is 0 Å². The molecule has 140 valence electrons. The van der Waals surface area contributed by atoms with Crippen LogP contribution in [-0.4, -0.2) is 59.8 Å². The van der Waals surface area contributed by atoms with E-state index in [-0.39, 0.29) is 29.9 Å². The summed E-state index contributed by atoms with van der Waals surface area (Å²) in [5.74, 6) is 1.79. The van der Waals surface area contributed by atoms with Crippen molar-refractivity contribution in [2.45, 2.75) is 32.1 Å². The van der Waals surface area contributed by atoms with Crippen molar-refractivity contribution < 1.29 is 4.79 Å². The molecule has 3 rings (SSSR count). The van der Waals surface area contributed by atoms with Crippen molar-refractivity contribution in [3.63, 3.8) is 0 Å². The topological polar surface area (TPSA) is 65.8 Å². The van der Waals surface area contributed by atoms with Crippen molar-refractivity contribution in [1.29, 1.82) is 0 Å². The smallest absolute Gasteiger partial charge is 0.246 e. The van der Waals surface area contributed by atoms with Gasteiger partial charge in [0.1, 0.15) is 6.54 Å². The Morgan fingerprint density at radius 2 is 2.12 bits per heavy atom. The van der Waals surface area contributed by atoms with E-state index in [0.29, 0.717) is 13.1 Å². The van der Waals surface area contributed by atoms with Gasteiger partial charge in [-0.15, -0.1) is 24.0 Å². The van der Waals surface area contributed by atoms with Crippen LogP contribution in [-0.2, 0) is 11.8 Å². The first-order valence-electron chi connectivity index (χ1n) is 8.92. The molecule has 1 aromatic rings. The van der Waals surface area contributed by atoms with Crippen molar-refractivity contribution in [2.24, 2.45) is 18.0 Å². The predicted octanol–water partition coefficient (Wildman–Crippen LogP) is 1.84. The Kier molecular flexibility index (Phi) is 7.52. The summed E-state index contributed by atoms with van der Waals surface area (Å²) in [6.45, 7) is 2.74. The molecule has 0 aromatic carbocycles. The summed E-state index contributed by atoms with van der Waals surface area (Å²) >= 11 is 0. The van der Waals surface area contributed by atoms with Crippen molar-refractivity contribution in [3.8, 4) is 0 Å². The molecular formula is C17H29IN6O. The number of carbonyl (C=O) groups is 1. The molecule has 2 heterocycles. The highest BCUT2D eigenvalue weighted by atomic mass is 127. The summed E-state index contributed by atoms with van der Waals surface area (Å²) in [4.78, 5) is 20.7. The van der Waals surface area contributed by atoms with Crippen LogP contribution in [0.3, 0.4) is 0 Å². The number of guanidine groups is 1. The zero-order valence-electron chi connectivity index (χ0n) is 15.1. The second kappa shape index (κ2) is 9.40. The summed E-state index contributed by atoms with van der Waals surface area (Å²) in [5.41, 5.74) is 0.867. The number of aliphatic imine (C=N–C) groups is 1. The Morgan fingerprint density at radius 1 is 1.36 bits per heavy atom. The van der Waals surface area contributed by atoms with E-state index in [0.717, 1.165) is 30.7 Å². The van der Waals surface area contributed by atoms with Crippen molar-refractivity contribution >= 4 is 41.5 Å². The number of hydrogen-bond donors (Lipinski definition) is 1. The number of carbonyl (C=O) groups excluding carboxylic acids is 1. The lowest BCUT2D eigenvalue weighted by Crippen LogP contribution is -2.55. The van der Waals surface area contributed by atoms with E-state index in [1.165, 1.54) is 32.1 Å². The van der Waals surface area contributed by atoms with E-state index in [2.05, 4.69) is 15.4 Å². The summed E-state index contributed by atoms with van der Waals surface area (Å²) in [6, 6.07) is 0. The Labute approximate surface area is 166 Å². The Balaban J connectivity index is 0.00000225. The summed E-state index contributed by atoms with van der Waals surface area (Å²) in [5, 5.41) is 7.58. The number of halogens is 1. The molecule has 1 saturated carbocycles. The lowest BCUT2D eigenvalue weighted by Gasteiger charge is -2.35. The van der Waals surface area contributed by atoms with Gasteiger partial charge in [-0.1, -0.05) is 25.7 Å². The first kappa shape index (κ1) is 20.0. The fraction of sp³-hybridized carbons (Fsp3) is 0.706. The van der Waals surface area contributed by atoms with E-state index in [1.807, 2.05) is 18.1 Å². The van der Waals surface area contributed by atoms with E-state index in [4.69, 9.17) is 0 Å². The Morgan fingerprint density at radius 3 is 2.72 bits per heavy atom. The third-order valence-corrected chi connectivity index (χ3v) is 5.05. The van der Waals surface area contributed by atoms with Gasteiger partial charge in [-0.3, -0.25) is 14.5 Å². The van der Waals surface area contributed by atoms with Gasteiger partial charge in [0.25, 0.3) is 0 Å². The van der Waals surface area contributed by atoms with Crippen LogP contribution < -0.4 is 10.2 Å². The standard InChI is InChI=1S/C17H28N6O.HI/c1-18-17(19-8-7-14-5-3-4-6-14)22-9-10-23(16(24)13-22)15-11-20-21(2)12-15;/h11-12,14H,3-10,13H2,1-2H3,(H,18,19);1H. The highest BCUT2D eigenvalue weighted by molar-refractivity contribution is 14.0. The molecule has 1 N–H and O–H groups in total. The third kappa shape index (κ3) is 5.08. The Bertz CT molecular complexity index is 596. The zero-order chi connectivity index (χ0) is 16.9.